The van der Waals surface area contributed by atoms with Crippen LogP contribution in [0.1, 0.15) is 5.56 Å². The van der Waals surface area contributed by atoms with Crippen LogP contribution in [0, 0.1) is 0 Å². The summed E-state index contributed by atoms with van der Waals surface area (Å²) in [6, 6.07) is 6.90. The van der Waals surface area contributed by atoms with E-state index in [1.54, 1.807) is 24.3 Å². The summed E-state index contributed by atoms with van der Waals surface area (Å²) in [6.07, 6.45) is 2.08. The molecule has 6 heteroatoms. The molecule has 0 saturated carbocycles. The Kier molecular flexibility index (Phi) is 4.86. The Hall–Kier alpha value is -2.18. The highest BCUT2D eigenvalue weighted by Gasteiger charge is 2.21. The summed E-state index contributed by atoms with van der Waals surface area (Å²) in [5, 5.41) is 14.4. The van der Waals surface area contributed by atoms with Crippen molar-refractivity contribution in [3.8, 4) is 0 Å². The Morgan fingerprint density at radius 1 is 1.35 bits per heavy atom. The number of ether oxygens (including phenoxy) is 1. The molecular weight excluding hydrogens is 260 g/mol. The van der Waals surface area contributed by atoms with E-state index in [4.69, 9.17) is 9.84 Å². The highest BCUT2D eigenvalue weighted by atomic mass is 16.5. The van der Waals surface area contributed by atoms with E-state index in [9.17, 15) is 9.59 Å². The Morgan fingerprint density at radius 2 is 2.10 bits per heavy atom. The summed E-state index contributed by atoms with van der Waals surface area (Å²) in [4.78, 5) is 22.3. The number of rotatable bonds is 4. The van der Waals surface area contributed by atoms with Gasteiger partial charge in [-0.15, -0.1) is 0 Å². The summed E-state index contributed by atoms with van der Waals surface area (Å²) < 4.78 is 5.35. The largest absolute Gasteiger partial charge is 0.478 e. The van der Waals surface area contributed by atoms with E-state index >= 15 is 0 Å². The average molecular weight is 276 g/mol. The van der Waals surface area contributed by atoms with Crippen LogP contribution in [-0.2, 0) is 14.3 Å². The van der Waals surface area contributed by atoms with Gasteiger partial charge in [-0.05, 0) is 23.8 Å². The first kappa shape index (κ1) is 14.2. The quantitative estimate of drug-likeness (QED) is 0.705. The Morgan fingerprint density at radius 3 is 2.70 bits per heavy atom. The van der Waals surface area contributed by atoms with E-state index in [-0.39, 0.29) is 5.91 Å². The molecule has 1 aromatic carbocycles. The number of amides is 1. The molecular formula is C14H16N2O4. The molecule has 1 unspecified atom stereocenters. The smallest absolute Gasteiger partial charge is 0.328 e. The van der Waals surface area contributed by atoms with E-state index in [2.05, 4.69) is 10.6 Å². The fourth-order valence-corrected chi connectivity index (χ4v) is 1.80. The minimum atomic E-state index is -0.996. The molecule has 1 heterocycles. The first-order valence-corrected chi connectivity index (χ1v) is 6.29. The fourth-order valence-electron chi connectivity index (χ4n) is 1.80. The Balaban J connectivity index is 1.92. The SMILES string of the molecule is O=C(O)/C=C/c1ccc(NC(=O)C2CNCCO2)cc1. The van der Waals surface area contributed by atoms with E-state index in [0.717, 1.165) is 18.2 Å². The zero-order valence-corrected chi connectivity index (χ0v) is 10.8. The minimum Gasteiger partial charge on any atom is -0.478 e. The van der Waals surface area contributed by atoms with E-state index in [0.29, 0.717) is 18.8 Å². The third-order valence-corrected chi connectivity index (χ3v) is 2.82. The van der Waals surface area contributed by atoms with Gasteiger partial charge in [-0.3, -0.25) is 4.79 Å². The van der Waals surface area contributed by atoms with Crippen molar-refractivity contribution in [1.82, 2.24) is 5.32 Å². The predicted molar refractivity (Wildman–Crippen MR) is 74.4 cm³/mol. The van der Waals surface area contributed by atoms with Gasteiger partial charge in [-0.1, -0.05) is 12.1 Å². The molecule has 0 radical (unpaired) electrons. The molecule has 0 aliphatic carbocycles. The highest BCUT2D eigenvalue weighted by Crippen LogP contribution is 2.12. The summed E-state index contributed by atoms with van der Waals surface area (Å²) in [6.45, 7) is 1.79. The number of hydrogen-bond donors (Lipinski definition) is 3. The molecule has 0 aromatic heterocycles. The fraction of sp³-hybridized carbons (Fsp3) is 0.286. The molecule has 1 amide bonds. The second-order valence-corrected chi connectivity index (χ2v) is 4.35. The van der Waals surface area contributed by atoms with Crippen LogP contribution < -0.4 is 10.6 Å². The van der Waals surface area contributed by atoms with Crippen molar-refractivity contribution in [2.45, 2.75) is 6.10 Å². The minimum absolute atomic E-state index is 0.189. The van der Waals surface area contributed by atoms with Crippen LogP contribution >= 0.6 is 0 Å². The monoisotopic (exact) mass is 276 g/mol. The molecule has 6 nitrogen and oxygen atoms in total. The van der Waals surface area contributed by atoms with Crippen molar-refractivity contribution in [2.75, 3.05) is 25.0 Å². The lowest BCUT2D eigenvalue weighted by Crippen LogP contribution is -2.45. The highest BCUT2D eigenvalue weighted by molar-refractivity contribution is 5.94. The standard InChI is InChI=1S/C14H16N2O4/c17-13(18)6-3-10-1-4-11(5-2-10)16-14(19)12-9-15-7-8-20-12/h1-6,12,15H,7-9H2,(H,16,19)(H,17,18)/b6-3+. The number of carbonyl (C=O) groups is 2. The molecule has 1 aliphatic rings. The van der Waals surface area contributed by atoms with Gasteiger partial charge in [0, 0.05) is 24.9 Å². The molecule has 0 bridgehead atoms. The van der Waals surface area contributed by atoms with Crippen LogP contribution in [0.3, 0.4) is 0 Å². The van der Waals surface area contributed by atoms with Gasteiger partial charge in [0.15, 0.2) is 0 Å². The lowest BCUT2D eigenvalue weighted by Gasteiger charge is -2.22. The third-order valence-electron chi connectivity index (χ3n) is 2.82. The van der Waals surface area contributed by atoms with Gasteiger partial charge in [0.1, 0.15) is 6.10 Å². The summed E-state index contributed by atoms with van der Waals surface area (Å²) >= 11 is 0. The molecule has 20 heavy (non-hydrogen) atoms. The normalized spacial score (nSPS) is 18.9. The maximum atomic E-state index is 11.9. The molecule has 1 atom stereocenters. The van der Waals surface area contributed by atoms with Gasteiger partial charge in [0.05, 0.1) is 6.61 Å². The number of carboxylic acids is 1. The Labute approximate surface area is 116 Å². The number of anilines is 1. The molecule has 1 fully saturated rings. The van der Waals surface area contributed by atoms with Crippen LogP contribution in [0.2, 0.25) is 0 Å². The maximum absolute atomic E-state index is 11.9. The summed E-state index contributed by atoms with van der Waals surface area (Å²) in [5.41, 5.74) is 1.40. The number of hydrogen-bond acceptors (Lipinski definition) is 4. The molecule has 3 N–H and O–H groups in total. The maximum Gasteiger partial charge on any atom is 0.328 e. The zero-order valence-electron chi connectivity index (χ0n) is 10.8. The van der Waals surface area contributed by atoms with Crippen LogP contribution in [0.15, 0.2) is 30.3 Å². The van der Waals surface area contributed by atoms with Gasteiger partial charge < -0.3 is 20.5 Å². The van der Waals surface area contributed by atoms with Gasteiger partial charge in [0.25, 0.3) is 5.91 Å². The van der Waals surface area contributed by atoms with Gasteiger partial charge in [-0.2, -0.15) is 0 Å². The van der Waals surface area contributed by atoms with Crippen LogP contribution in [0.4, 0.5) is 5.69 Å². The predicted octanol–water partition coefficient (Wildman–Crippen LogP) is 0.711. The lowest BCUT2D eigenvalue weighted by atomic mass is 10.2. The second-order valence-electron chi connectivity index (χ2n) is 4.35. The molecule has 0 spiro atoms. The van der Waals surface area contributed by atoms with Gasteiger partial charge in [-0.25, -0.2) is 4.79 Å². The van der Waals surface area contributed by atoms with Crippen molar-refractivity contribution in [3.63, 3.8) is 0 Å². The zero-order chi connectivity index (χ0) is 14.4. The number of carbonyl (C=O) groups excluding carboxylic acids is 1. The number of morpholine rings is 1. The topological polar surface area (TPSA) is 87.7 Å². The van der Waals surface area contributed by atoms with Crippen LogP contribution in [-0.4, -0.2) is 42.8 Å². The number of aliphatic carboxylic acids is 1. The first-order valence-electron chi connectivity index (χ1n) is 6.29. The van der Waals surface area contributed by atoms with Gasteiger partial charge in [0.2, 0.25) is 0 Å². The van der Waals surface area contributed by atoms with Crippen molar-refractivity contribution in [1.29, 1.82) is 0 Å². The van der Waals surface area contributed by atoms with Crippen molar-refractivity contribution in [3.05, 3.63) is 35.9 Å². The van der Waals surface area contributed by atoms with Crippen LogP contribution in [0.25, 0.3) is 6.08 Å². The van der Waals surface area contributed by atoms with Crippen molar-refractivity contribution >= 4 is 23.6 Å². The molecule has 2 rings (SSSR count). The molecule has 1 saturated heterocycles. The number of benzene rings is 1. The van der Waals surface area contributed by atoms with Crippen molar-refractivity contribution in [2.24, 2.45) is 0 Å². The third kappa shape index (κ3) is 4.18. The van der Waals surface area contributed by atoms with E-state index < -0.39 is 12.1 Å². The summed E-state index contributed by atoms with van der Waals surface area (Å²) in [5.74, 6) is -1.18. The summed E-state index contributed by atoms with van der Waals surface area (Å²) in [7, 11) is 0. The van der Waals surface area contributed by atoms with E-state index in [1.165, 1.54) is 6.08 Å². The van der Waals surface area contributed by atoms with Crippen molar-refractivity contribution < 1.29 is 19.4 Å². The van der Waals surface area contributed by atoms with E-state index in [1.807, 2.05) is 0 Å². The Bertz CT molecular complexity index is 504. The number of nitrogens with one attached hydrogen (secondary N) is 2. The van der Waals surface area contributed by atoms with Gasteiger partial charge >= 0.3 is 5.97 Å². The second kappa shape index (κ2) is 6.83. The molecule has 1 aliphatic heterocycles. The lowest BCUT2D eigenvalue weighted by molar-refractivity contribution is -0.131. The first-order chi connectivity index (χ1) is 9.65. The van der Waals surface area contributed by atoms with Crippen LogP contribution in [0.5, 0.6) is 0 Å². The molecule has 106 valence electrons. The number of carboxylic acid groups (broad SMARTS) is 1. The average Bonchev–Trinajstić information content (AvgIpc) is 2.47. The molecule has 1 aromatic rings.